The first-order chi connectivity index (χ1) is 7.95. The summed E-state index contributed by atoms with van der Waals surface area (Å²) in [6.07, 6.45) is 0.910. The third-order valence-electron chi connectivity index (χ3n) is 3.25. The van der Waals surface area contributed by atoms with Gasteiger partial charge in [0.1, 0.15) is 6.04 Å². The van der Waals surface area contributed by atoms with Crippen LogP contribution in [0.5, 0.6) is 0 Å². The second-order valence-electron chi connectivity index (χ2n) is 4.60. The van der Waals surface area contributed by atoms with Crippen molar-refractivity contribution in [2.24, 2.45) is 11.7 Å². The second kappa shape index (κ2) is 5.86. The monoisotopic (exact) mass is 243 g/mol. The molecule has 0 aromatic rings. The van der Waals surface area contributed by atoms with Crippen molar-refractivity contribution in [3.8, 4) is 0 Å². The number of nitrogens with zero attached hydrogens (tertiary/aromatic N) is 1. The lowest BCUT2D eigenvalue weighted by molar-refractivity contribution is -0.133. The van der Waals surface area contributed by atoms with Crippen molar-refractivity contribution in [1.82, 2.24) is 10.2 Å². The molecule has 17 heavy (non-hydrogen) atoms. The van der Waals surface area contributed by atoms with E-state index in [9.17, 15) is 14.7 Å². The molecule has 0 spiro atoms. The predicted molar refractivity (Wildman–Crippen MR) is 63.2 cm³/mol. The Balaban J connectivity index is 2.68. The standard InChI is InChI=1S/C11H21N3O3/c1-3-7(2)9(13-11(12)17)10(16)14-5-4-8(15)6-14/h7-9,15H,3-6H2,1-2H3,(H3,12,13,17). The topological polar surface area (TPSA) is 95.7 Å². The van der Waals surface area contributed by atoms with Crippen molar-refractivity contribution < 1.29 is 14.7 Å². The summed E-state index contributed by atoms with van der Waals surface area (Å²) in [7, 11) is 0. The van der Waals surface area contributed by atoms with Crippen molar-refractivity contribution in [2.75, 3.05) is 13.1 Å². The molecule has 4 N–H and O–H groups in total. The molecule has 3 atom stereocenters. The van der Waals surface area contributed by atoms with Crippen molar-refractivity contribution in [3.63, 3.8) is 0 Å². The van der Waals surface area contributed by atoms with Crippen LogP contribution in [0.25, 0.3) is 0 Å². The fourth-order valence-electron chi connectivity index (χ4n) is 1.98. The van der Waals surface area contributed by atoms with E-state index in [2.05, 4.69) is 5.32 Å². The molecular weight excluding hydrogens is 222 g/mol. The maximum absolute atomic E-state index is 12.2. The van der Waals surface area contributed by atoms with Gasteiger partial charge in [-0.3, -0.25) is 4.79 Å². The SMILES string of the molecule is CCC(C)C(NC(N)=O)C(=O)N1CCC(O)C1. The van der Waals surface area contributed by atoms with Gasteiger partial charge in [-0.15, -0.1) is 0 Å². The fraction of sp³-hybridized carbons (Fsp3) is 0.818. The maximum Gasteiger partial charge on any atom is 0.312 e. The van der Waals surface area contributed by atoms with Crippen LogP contribution in [-0.2, 0) is 4.79 Å². The molecule has 1 rings (SSSR count). The van der Waals surface area contributed by atoms with Crippen LogP contribution in [0.4, 0.5) is 4.79 Å². The highest BCUT2D eigenvalue weighted by atomic mass is 16.3. The number of likely N-dealkylation sites (tertiary alicyclic amines) is 1. The average Bonchev–Trinajstić information content (AvgIpc) is 2.70. The minimum atomic E-state index is -0.691. The summed E-state index contributed by atoms with van der Waals surface area (Å²) < 4.78 is 0. The molecule has 3 unspecified atom stereocenters. The molecule has 1 aliphatic heterocycles. The molecule has 0 aromatic carbocycles. The lowest BCUT2D eigenvalue weighted by Gasteiger charge is -2.27. The number of β-amino-alcohol motifs (C(OH)–C–C–N with tert-alkyl or cyclic N) is 1. The normalized spacial score (nSPS) is 23.2. The highest BCUT2D eigenvalue weighted by molar-refractivity contribution is 5.87. The molecule has 0 saturated carbocycles. The zero-order valence-corrected chi connectivity index (χ0v) is 10.3. The van der Waals surface area contributed by atoms with Gasteiger partial charge in [0.25, 0.3) is 0 Å². The maximum atomic E-state index is 12.2. The van der Waals surface area contributed by atoms with E-state index in [0.717, 1.165) is 6.42 Å². The Bertz CT molecular complexity index is 296. The van der Waals surface area contributed by atoms with Gasteiger partial charge < -0.3 is 21.1 Å². The summed E-state index contributed by atoms with van der Waals surface area (Å²) in [5.74, 6) is -0.137. The summed E-state index contributed by atoms with van der Waals surface area (Å²) in [5, 5.41) is 11.9. The zero-order valence-electron chi connectivity index (χ0n) is 10.3. The van der Waals surface area contributed by atoms with E-state index < -0.39 is 18.2 Å². The van der Waals surface area contributed by atoms with Gasteiger partial charge in [0.05, 0.1) is 6.10 Å². The predicted octanol–water partition coefficient (Wildman–Crippen LogP) is -0.337. The largest absolute Gasteiger partial charge is 0.391 e. The number of hydrogen-bond donors (Lipinski definition) is 3. The van der Waals surface area contributed by atoms with E-state index >= 15 is 0 Å². The lowest BCUT2D eigenvalue weighted by atomic mass is 9.98. The molecule has 0 aromatic heterocycles. The van der Waals surface area contributed by atoms with Crippen molar-refractivity contribution in [2.45, 2.75) is 38.8 Å². The Hall–Kier alpha value is -1.30. The Morgan fingerprint density at radius 3 is 2.65 bits per heavy atom. The Labute approximate surface area is 101 Å². The van der Waals surface area contributed by atoms with Crippen LogP contribution in [0.1, 0.15) is 26.7 Å². The zero-order chi connectivity index (χ0) is 13.0. The molecule has 0 radical (unpaired) electrons. The molecule has 1 saturated heterocycles. The lowest BCUT2D eigenvalue weighted by Crippen LogP contribution is -2.52. The summed E-state index contributed by atoms with van der Waals surface area (Å²) in [4.78, 5) is 24.7. The third-order valence-corrected chi connectivity index (χ3v) is 3.25. The summed E-state index contributed by atoms with van der Waals surface area (Å²) in [6.45, 7) is 4.72. The van der Waals surface area contributed by atoms with E-state index in [1.54, 1.807) is 4.90 Å². The van der Waals surface area contributed by atoms with E-state index in [-0.39, 0.29) is 11.8 Å². The fourth-order valence-corrected chi connectivity index (χ4v) is 1.98. The molecule has 98 valence electrons. The first kappa shape index (κ1) is 13.8. The van der Waals surface area contributed by atoms with Gasteiger partial charge in [-0.25, -0.2) is 4.79 Å². The van der Waals surface area contributed by atoms with Gasteiger partial charge in [0.15, 0.2) is 0 Å². The smallest absolute Gasteiger partial charge is 0.312 e. The molecule has 1 aliphatic rings. The number of primary amides is 1. The minimum Gasteiger partial charge on any atom is -0.391 e. The number of aliphatic hydroxyl groups is 1. The van der Waals surface area contributed by atoms with Crippen LogP contribution in [0, 0.1) is 5.92 Å². The molecule has 0 bridgehead atoms. The van der Waals surface area contributed by atoms with Crippen LogP contribution in [-0.4, -0.2) is 47.2 Å². The van der Waals surface area contributed by atoms with Crippen LogP contribution in [0.2, 0.25) is 0 Å². The molecular formula is C11H21N3O3. The van der Waals surface area contributed by atoms with Crippen LogP contribution >= 0.6 is 0 Å². The van der Waals surface area contributed by atoms with Crippen molar-refractivity contribution in [1.29, 1.82) is 0 Å². The second-order valence-corrected chi connectivity index (χ2v) is 4.60. The number of carbonyl (C=O) groups excluding carboxylic acids is 2. The Morgan fingerprint density at radius 2 is 2.24 bits per heavy atom. The van der Waals surface area contributed by atoms with E-state index in [1.165, 1.54) is 0 Å². The number of urea groups is 1. The number of hydrogen-bond acceptors (Lipinski definition) is 3. The van der Waals surface area contributed by atoms with Gasteiger partial charge in [0, 0.05) is 13.1 Å². The first-order valence-electron chi connectivity index (χ1n) is 5.98. The van der Waals surface area contributed by atoms with Gasteiger partial charge in [-0.2, -0.15) is 0 Å². The number of carbonyl (C=O) groups is 2. The van der Waals surface area contributed by atoms with Crippen molar-refractivity contribution in [3.05, 3.63) is 0 Å². The average molecular weight is 243 g/mol. The summed E-state index contributed by atoms with van der Waals surface area (Å²) >= 11 is 0. The number of nitrogens with two attached hydrogens (primary N) is 1. The Morgan fingerprint density at radius 1 is 1.59 bits per heavy atom. The third kappa shape index (κ3) is 3.59. The number of nitrogens with one attached hydrogen (secondary N) is 1. The van der Waals surface area contributed by atoms with E-state index in [0.29, 0.717) is 19.5 Å². The number of amides is 3. The highest BCUT2D eigenvalue weighted by Gasteiger charge is 2.33. The van der Waals surface area contributed by atoms with Gasteiger partial charge >= 0.3 is 6.03 Å². The summed E-state index contributed by atoms with van der Waals surface area (Å²) in [5.41, 5.74) is 5.08. The highest BCUT2D eigenvalue weighted by Crippen LogP contribution is 2.15. The molecule has 1 heterocycles. The minimum absolute atomic E-state index is 0.0211. The van der Waals surface area contributed by atoms with Crippen molar-refractivity contribution >= 4 is 11.9 Å². The van der Waals surface area contributed by atoms with Crippen LogP contribution < -0.4 is 11.1 Å². The first-order valence-corrected chi connectivity index (χ1v) is 5.98. The van der Waals surface area contributed by atoms with Gasteiger partial charge in [0.2, 0.25) is 5.91 Å². The molecule has 6 heteroatoms. The molecule has 1 fully saturated rings. The van der Waals surface area contributed by atoms with Gasteiger partial charge in [-0.05, 0) is 12.3 Å². The Kier molecular flexibility index (Phi) is 4.74. The molecule has 6 nitrogen and oxygen atoms in total. The number of rotatable bonds is 4. The van der Waals surface area contributed by atoms with E-state index in [1.807, 2.05) is 13.8 Å². The molecule has 0 aliphatic carbocycles. The van der Waals surface area contributed by atoms with Gasteiger partial charge in [-0.1, -0.05) is 20.3 Å². The van der Waals surface area contributed by atoms with Crippen LogP contribution in [0.3, 0.4) is 0 Å². The number of aliphatic hydroxyl groups excluding tert-OH is 1. The van der Waals surface area contributed by atoms with Crippen LogP contribution in [0.15, 0.2) is 0 Å². The molecule has 3 amide bonds. The quantitative estimate of drug-likeness (QED) is 0.630. The summed E-state index contributed by atoms with van der Waals surface area (Å²) in [6, 6.07) is -1.29. The van der Waals surface area contributed by atoms with E-state index in [4.69, 9.17) is 5.73 Å².